The molecule has 2 aromatic heterocycles. The van der Waals surface area contributed by atoms with Gasteiger partial charge in [-0.15, -0.1) is 33.7 Å². The molecule has 0 atom stereocenters. The molecule has 0 aliphatic carbocycles. The molecule has 0 saturated carbocycles. The molecular formula is C44H35F8IrN8O. The van der Waals surface area contributed by atoms with E-state index in [0.717, 1.165) is 61.1 Å². The molecule has 8 aromatic rings. The fraction of sp³-hybridized carbons (Fsp3) is 0.159. The first kappa shape index (κ1) is 48.1. The van der Waals surface area contributed by atoms with Crippen LogP contribution in [-0.2, 0) is 24.9 Å². The number of fused-ring (bicyclic) bond motifs is 4. The molecule has 0 bridgehead atoms. The number of ketones is 1. The molecule has 9 rings (SSSR count). The number of rotatable bonds is 4. The van der Waals surface area contributed by atoms with Crippen molar-refractivity contribution in [3.63, 3.8) is 0 Å². The van der Waals surface area contributed by atoms with E-state index in [9.17, 15) is 39.9 Å². The number of nitrogens with zero attached hydrogens (tertiary/aromatic N) is 8. The number of carbonyl (C=O) groups is 1. The molecule has 18 heteroatoms. The maximum Gasteiger partial charge on any atom is 3.00 e. The molecule has 1 aliphatic rings. The number of allylic oxidation sites excluding steroid dienone is 1. The monoisotopic (exact) mass is 1040 g/mol. The molecule has 0 unspecified atom stereocenters. The summed E-state index contributed by atoms with van der Waals surface area (Å²) in [6.45, 7) is 0.939. The average Bonchev–Trinajstić information content (AvgIpc) is 3.94. The van der Waals surface area contributed by atoms with Crippen molar-refractivity contribution in [2.24, 2.45) is 0 Å². The van der Waals surface area contributed by atoms with Crippen LogP contribution >= 0.6 is 0 Å². The molecule has 3 heterocycles. The summed E-state index contributed by atoms with van der Waals surface area (Å²) < 4.78 is 87.0. The Balaban J connectivity index is 0.000000186. The molecule has 0 spiro atoms. The number of benzene rings is 6. The van der Waals surface area contributed by atoms with Gasteiger partial charge in [0.05, 0.1) is 0 Å². The maximum absolute atomic E-state index is 12.4. The van der Waals surface area contributed by atoms with Crippen LogP contribution < -0.4 is 0 Å². The standard InChI is InChI=1S/2C16H10N3.C8H10F2N2O.2C2H3F3.Ir/c2*1-2-8-13-12(6-1)7-5-11-16(13)19-17-14-9-3-4-10-15(14)18-19;1-8(9,10)6(13)5-7-11-3-4-12(7)2;2*1-2(3,4)5;/h2*1-10H;3-5H,1-2H3,(H,11,13);2*1H3;/q2*-1;;;;+3/p-1. The van der Waals surface area contributed by atoms with Gasteiger partial charge >= 0.3 is 38.4 Å². The quantitative estimate of drug-likeness (QED) is 0.0990. The molecule has 0 fully saturated rings. The third-order valence-electron chi connectivity index (χ3n) is 7.92. The van der Waals surface area contributed by atoms with Crippen molar-refractivity contribution in [2.45, 2.75) is 39.0 Å². The van der Waals surface area contributed by atoms with Crippen LogP contribution in [0.3, 0.4) is 0 Å². The number of hydrogen-bond acceptors (Lipinski definition) is 6. The first-order chi connectivity index (χ1) is 28.7. The fourth-order valence-corrected chi connectivity index (χ4v) is 5.30. The zero-order valence-corrected chi connectivity index (χ0v) is 35.5. The number of aromatic nitrogens is 6. The Bertz CT molecular complexity index is 2540. The minimum absolute atomic E-state index is 0. The predicted octanol–water partition coefficient (Wildman–Crippen LogP) is 11.7. The van der Waals surface area contributed by atoms with Crippen LogP contribution in [0.5, 0.6) is 0 Å². The van der Waals surface area contributed by atoms with E-state index < -0.39 is 24.1 Å². The molecule has 0 N–H and O–H groups in total. The summed E-state index contributed by atoms with van der Waals surface area (Å²) in [4.78, 5) is 15.6. The molecule has 9 nitrogen and oxygen atoms in total. The van der Waals surface area contributed by atoms with Crippen molar-refractivity contribution in [1.82, 2.24) is 34.9 Å². The zero-order valence-electron chi connectivity index (χ0n) is 33.1. The Kier molecular flexibility index (Phi) is 16.2. The average molecular weight is 1040 g/mol. The number of hydrogen-bond donors (Lipinski definition) is 0. The van der Waals surface area contributed by atoms with Gasteiger partial charge in [0.25, 0.3) is 0 Å². The maximum atomic E-state index is 12.4. The van der Waals surface area contributed by atoms with Crippen LogP contribution in [0.4, 0.5) is 35.1 Å². The minimum Gasteiger partial charge on any atom is -0.452 e. The van der Waals surface area contributed by atoms with E-state index in [2.05, 4.69) is 62.1 Å². The SMILES string of the molecule is CC(F)(F)F.CC(F)(F)F.CN1C=C[N-]C1=CC(=O)C(C)(F)F.[Ir+3].[c-]1ccc2ccccc2c1-n1nc2ccccc2n1.[c-]1ccc2ccccc2c1-n1nc2ccccc2n1. The summed E-state index contributed by atoms with van der Waals surface area (Å²) in [6, 6.07) is 46.4. The molecule has 62 heavy (non-hydrogen) atoms. The third kappa shape index (κ3) is 14.3. The smallest absolute Gasteiger partial charge is 0.452 e. The molecule has 6 aromatic carbocycles. The molecule has 0 radical (unpaired) electrons. The van der Waals surface area contributed by atoms with Crippen LogP contribution in [0.25, 0.3) is 60.3 Å². The second kappa shape index (κ2) is 20.8. The van der Waals surface area contributed by atoms with Crippen molar-refractivity contribution in [3.05, 3.63) is 163 Å². The van der Waals surface area contributed by atoms with Crippen LogP contribution in [0.15, 0.2) is 146 Å². The Morgan fingerprint density at radius 1 is 0.581 bits per heavy atom. The zero-order chi connectivity index (χ0) is 44.4. The van der Waals surface area contributed by atoms with Crippen LogP contribution in [0.2, 0.25) is 0 Å². The topological polar surface area (TPSA) is 95.8 Å². The number of halogens is 8. The summed E-state index contributed by atoms with van der Waals surface area (Å²) >= 11 is 0. The van der Waals surface area contributed by atoms with E-state index in [0.29, 0.717) is 6.92 Å². The van der Waals surface area contributed by atoms with Gasteiger partial charge in [-0.25, -0.2) is 0 Å². The normalized spacial score (nSPS) is 12.8. The largest absolute Gasteiger partial charge is 3.00 e. The van der Waals surface area contributed by atoms with E-state index >= 15 is 0 Å². The summed E-state index contributed by atoms with van der Waals surface area (Å²) in [7, 11) is 1.62. The van der Waals surface area contributed by atoms with E-state index in [1.165, 1.54) is 11.1 Å². The van der Waals surface area contributed by atoms with Crippen molar-refractivity contribution >= 4 is 49.4 Å². The van der Waals surface area contributed by atoms with E-state index in [1.54, 1.807) is 22.8 Å². The summed E-state index contributed by atoms with van der Waals surface area (Å²) in [6.07, 6.45) is -4.15. The van der Waals surface area contributed by atoms with E-state index in [-0.39, 0.29) is 39.8 Å². The predicted molar refractivity (Wildman–Crippen MR) is 218 cm³/mol. The van der Waals surface area contributed by atoms with Crippen molar-refractivity contribution in [3.8, 4) is 11.4 Å². The molecule has 0 amide bonds. The first-order valence-corrected chi connectivity index (χ1v) is 18.1. The summed E-state index contributed by atoms with van der Waals surface area (Å²) in [5, 5.41) is 26.3. The van der Waals surface area contributed by atoms with Crippen LogP contribution in [-0.4, -0.2) is 66.0 Å². The number of carbonyl (C=O) groups excluding carboxylic acids is 1. The molecule has 0 saturated heterocycles. The molecule has 322 valence electrons. The third-order valence-corrected chi connectivity index (χ3v) is 7.92. The summed E-state index contributed by atoms with van der Waals surface area (Å²) in [5.74, 6) is -4.33. The Morgan fingerprint density at radius 3 is 1.24 bits per heavy atom. The minimum atomic E-state index is -4.00. The van der Waals surface area contributed by atoms with Crippen molar-refractivity contribution < 1.29 is 60.0 Å². The fourth-order valence-electron chi connectivity index (χ4n) is 5.30. The van der Waals surface area contributed by atoms with Crippen molar-refractivity contribution in [1.29, 1.82) is 0 Å². The second-order valence-electron chi connectivity index (χ2n) is 13.1. The van der Waals surface area contributed by atoms with Gasteiger partial charge in [-0.3, -0.25) is 4.79 Å². The van der Waals surface area contributed by atoms with E-state index in [4.69, 9.17) is 0 Å². The Morgan fingerprint density at radius 2 is 0.919 bits per heavy atom. The summed E-state index contributed by atoms with van der Waals surface area (Å²) in [5.41, 5.74) is 5.34. The van der Waals surface area contributed by atoms with E-state index in [1.807, 2.05) is 97.1 Å². The second-order valence-corrected chi connectivity index (χ2v) is 13.1. The van der Waals surface area contributed by atoms with Crippen LogP contribution in [0, 0.1) is 12.1 Å². The first-order valence-electron chi connectivity index (χ1n) is 18.1. The van der Waals surface area contributed by atoms with Gasteiger partial charge in [-0.05, 0) is 41.7 Å². The van der Waals surface area contributed by atoms with Crippen LogP contribution in [0.1, 0.15) is 20.8 Å². The van der Waals surface area contributed by atoms with Gasteiger partial charge in [-0.1, -0.05) is 85.9 Å². The van der Waals surface area contributed by atoms with Gasteiger partial charge in [-0.2, -0.15) is 102 Å². The van der Waals surface area contributed by atoms with Gasteiger partial charge < -0.3 is 10.2 Å². The van der Waals surface area contributed by atoms with Gasteiger partial charge in [0.2, 0.25) is 5.78 Å². The van der Waals surface area contributed by atoms with Gasteiger partial charge in [0.15, 0.2) is 0 Å². The molecular weight excluding hydrogens is 1000 g/mol. The Labute approximate surface area is 363 Å². The molecule has 1 aliphatic heterocycles. The number of alkyl halides is 8. The van der Waals surface area contributed by atoms with Gasteiger partial charge in [0.1, 0.15) is 22.1 Å². The van der Waals surface area contributed by atoms with Gasteiger partial charge in [0, 0.05) is 20.8 Å². The van der Waals surface area contributed by atoms with Crippen molar-refractivity contribution in [2.75, 3.05) is 7.05 Å². The Hall–Kier alpha value is -6.52.